The first-order valence-electron chi connectivity index (χ1n) is 4.42. The van der Waals surface area contributed by atoms with Crippen LogP contribution in [0, 0.1) is 10.1 Å². The van der Waals surface area contributed by atoms with E-state index in [2.05, 4.69) is 0 Å². The molecule has 1 atom stereocenters. The van der Waals surface area contributed by atoms with E-state index >= 15 is 0 Å². The Morgan fingerprint density at radius 1 is 1.41 bits per heavy atom. The summed E-state index contributed by atoms with van der Waals surface area (Å²) in [6.45, 7) is 0. The molecule has 8 nitrogen and oxygen atoms in total. The highest BCUT2D eigenvalue weighted by molar-refractivity contribution is 5.73. The lowest BCUT2D eigenvalue weighted by atomic mass is 10.1. The number of phenolic OH excluding ortho intramolecular Hbond substituents is 1. The molecule has 94 valence electrons. The first-order chi connectivity index (χ1) is 7.82. The minimum Gasteiger partial charge on any atom is -0.508 e. The third-order valence-corrected chi connectivity index (χ3v) is 1.71. The maximum Gasteiger partial charge on any atom is 0.320 e. The Morgan fingerprint density at radius 3 is 2.18 bits per heavy atom. The number of hydrogen-bond donors (Lipinski definition) is 4. The molecule has 0 aliphatic rings. The molecule has 0 aliphatic heterocycles. The van der Waals surface area contributed by atoms with Crippen LogP contribution in [0.4, 0.5) is 0 Å². The van der Waals surface area contributed by atoms with Crippen molar-refractivity contribution in [1.29, 1.82) is 0 Å². The second kappa shape index (κ2) is 7.01. The number of carboxylic acids is 1. The summed E-state index contributed by atoms with van der Waals surface area (Å²) in [4.78, 5) is 18.8. The molecule has 0 amide bonds. The van der Waals surface area contributed by atoms with Gasteiger partial charge in [0.2, 0.25) is 0 Å². The Balaban J connectivity index is 0.000000557. The molecule has 0 radical (unpaired) electrons. The van der Waals surface area contributed by atoms with E-state index in [1.165, 1.54) is 12.1 Å². The number of carboxylic acid groups (broad SMARTS) is 1. The fraction of sp³-hybridized carbons (Fsp3) is 0.222. The third-order valence-electron chi connectivity index (χ3n) is 1.71. The zero-order valence-electron chi connectivity index (χ0n) is 8.68. The van der Waals surface area contributed by atoms with Gasteiger partial charge in [-0.05, 0) is 24.1 Å². The molecule has 0 saturated carbocycles. The van der Waals surface area contributed by atoms with Crippen LogP contribution in [-0.4, -0.2) is 32.5 Å². The van der Waals surface area contributed by atoms with Gasteiger partial charge in [0.15, 0.2) is 0 Å². The van der Waals surface area contributed by atoms with Crippen molar-refractivity contribution >= 4 is 5.97 Å². The van der Waals surface area contributed by atoms with E-state index in [1.807, 2.05) is 0 Å². The first kappa shape index (κ1) is 14.6. The Morgan fingerprint density at radius 2 is 1.82 bits per heavy atom. The normalized spacial score (nSPS) is 10.9. The molecule has 0 fully saturated rings. The van der Waals surface area contributed by atoms with E-state index in [0.717, 1.165) is 5.56 Å². The van der Waals surface area contributed by atoms with Crippen LogP contribution in [0.5, 0.6) is 5.75 Å². The van der Waals surface area contributed by atoms with Gasteiger partial charge in [-0.15, -0.1) is 10.1 Å². The lowest BCUT2D eigenvalue weighted by Gasteiger charge is -2.05. The van der Waals surface area contributed by atoms with Crippen LogP contribution in [0.2, 0.25) is 0 Å². The summed E-state index contributed by atoms with van der Waals surface area (Å²) in [5.41, 5.74) is 6.12. The number of hydrogen-bond acceptors (Lipinski definition) is 5. The van der Waals surface area contributed by atoms with Gasteiger partial charge in [-0.3, -0.25) is 4.79 Å². The van der Waals surface area contributed by atoms with Crippen LogP contribution in [0.25, 0.3) is 0 Å². The first-order valence-corrected chi connectivity index (χ1v) is 4.42. The maximum atomic E-state index is 10.4. The lowest BCUT2D eigenvalue weighted by Crippen LogP contribution is -2.32. The monoisotopic (exact) mass is 244 g/mol. The van der Waals surface area contributed by atoms with Crippen molar-refractivity contribution in [1.82, 2.24) is 0 Å². The minimum absolute atomic E-state index is 0.160. The van der Waals surface area contributed by atoms with Gasteiger partial charge in [0.05, 0.1) is 0 Å². The Labute approximate surface area is 96.0 Å². The highest BCUT2D eigenvalue weighted by Crippen LogP contribution is 2.10. The number of nitrogens with zero attached hydrogens (tertiary/aromatic N) is 1. The van der Waals surface area contributed by atoms with E-state index in [-0.39, 0.29) is 12.2 Å². The number of carbonyl (C=O) groups is 1. The van der Waals surface area contributed by atoms with Gasteiger partial charge in [-0.25, -0.2) is 0 Å². The fourth-order valence-corrected chi connectivity index (χ4v) is 0.973. The van der Waals surface area contributed by atoms with Crippen molar-refractivity contribution in [3.8, 4) is 5.75 Å². The highest BCUT2D eigenvalue weighted by Gasteiger charge is 2.11. The van der Waals surface area contributed by atoms with E-state index in [1.54, 1.807) is 12.1 Å². The molecule has 5 N–H and O–H groups in total. The Bertz CT molecular complexity index is 374. The van der Waals surface area contributed by atoms with E-state index in [4.69, 9.17) is 31.3 Å². The molecule has 1 rings (SSSR count). The van der Waals surface area contributed by atoms with Gasteiger partial charge < -0.3 is 21.2 Å². The molecule has 1 aromatic rings. The summed E-state index contributed by atoms with van der Waals surface area (Å²) in [5, 5.41) is 31.1. The molecule has 0 unspecified atom stereocenters. The topological polar surface area (TPSA) is 147 Å². The molecule has 0 spiro atoms. The van der Waals surface area contributed by atoms with Crippen molar-refractivity contribution in [3.63, 3.8) is 0 Å². The predicted octanol–water partition coefficient (Wildman–Crippen LogP) is -0.00110. The summed E-state index contributed by atoms with van der Waals surface area (Å²) < 4.78 is 0. The van der Waals surface area contributed by atoms with Crippen LogP contribution in [0.15, 0.2) is 24.3 Å². The van der Waals surface area contributed by atoms with Gasteiger partial charge in [0, 0.05) is 0 Å². The minimum atomic E-state index is -1.50. The van der Waals surface area contributed by atoms with Gasteiger partial charge in [0.25, 0.3) is 5.09 Å². The molecular formula is C9H12N2O6. The molecular weight excluding hydrogens is 232 g/mol. The highest BCUT2D eigenvalue weighted by atomic mass is 16.9. The van der Waals surface area contributed by atoms with Crippen molar-refractivity contribution in [3.05, 3.63) is 39.9 Å². The average molecular weight is 244 g/mol. The number of nitrogens with two attached hydrogens (primary N) is 1. The van der Waals surface area contributed by atoms with Crippen LogP contribution in [0.1, 0.15) is 5.56 Å². The largest absolute Gasteiger partial charge is 0.508 e. The van der Waals surface area contributed by atoms with Crippen LogP contribution in [-0.2, 0) is 11.2 Å². The number of aromatic hydroxyl groups is 1. The molecule has 8 heteroatoms. The van der Waals surface area contributed by atoms with Crippen molar-refractivity contribution in [2.75, 3.05) is 0 Å². The zero-order chi connectivity index (χ0) is 13.4. The van der Waals surface area contributed by atoms with E-state index in [9.17, 15) is 4.79 Å². The summed E-state index contributed by atoms with van der Waals surface area (Å²) in [7, 11) is 0. The van der Waals surface area contributed by atoms with Crippen molar-refractivity contribution < 1.29 is 25.3 Å². The molecule has 0 aromatic heterocycles. The Kier molecular flexibility index (Phi) is 6.04. The molecule has 17 heavy (non-hydrogen) atoms. The molecule has 0 aliphatic carbocycles. The standard InChI is InChI=1S/C9H11NO3.HNO3/c10-8(9(12)13)5-6-1-3-7(11)4-2-6;2-1(3)4/h1-4,8,11H,5,10H2,(H,12,13);(H,2,3,4)/t8-;/m0./s1. The van der Waals surface area contributed by atoms with Gasteiger partial charge in [-0.2, -0.15) is 0 Å². The number of aliphatic carboxylic acids is 1. The molecule has 0 bridgehead atoms. The SMILES string of the molecule is N[C@@H](Cc1ccc(O)cc1)C(=O)O.O=[N+]([O-])O. The second-order valence-corrected chi connectivity index (χ2v) is 3.05. The van der Waals surface area contributed by atoms with Gasteiger partial charge in [-0.1, -0.05) is 12.1 Å². The molecule has 0 saturated heterocycles. The third kappa shape index (κ3) is 7.56. The number of benzene rings is 1. The van der Waals surface area contributed by atoms with E-state index < -0.39 is 17.1 Å². The van der Waals surface area contributed by atoms with Crippen LogP contribution in [0.3, 0.4) is 0 Å². The summed E-state index contributed by atoms with van der Waals surface area (Å²) in [5.74, 6) is -0.860. The van der Waals surface area contributed by atoms with Crippen LogP contribution >= 0.6 is 0 Å². The quantitative estimate of drug-likeness (QED) is 0.432. The van der Waals surface area contributed by atoms with Gasteiger partial charge in [0.1, 0.15) is 11.8 Å². The van der Waals surface area contributed by atoms with Crippen LogP contribution < -0.4 is 5.73 Å². The average Bonchev–Trinajstić information content (AvgIpc) is 2.20. The lowest BCUT2D eigenvalue weighted by molar-refractivity contribution is -0.742. The fourth-order valence-electron chi connectivity index (χ4n) is 0.973. The molecule has 0 heterocycles. The second-order valence-electron chi connectivity index (χ2n) is 3.05. The van der Waals surface area contributed by atoms with E-state index in [0.29, 0.717) is 0 Å². The summed E-state index contributed by atoms with van der Waals surface area (Å²) in [6, 6.07) is 5.42. The van der Waals surface area contributed by atoms with Crippen molar-refractivity contribution in [2.45, 2.75) is 12.5 Å². The molecule has 1 aromatic carbocycles. The van der Waals surface area contributed by atoms with Gasteiger partial charge >= 0.3 is 5.97 Å². The maximum absolute atomic E-state index is 10.4. The number of phenols is 1. The smallest absolute Gasteiger partial charge is 0.320 e. The predicted molar refractivity (Wildman–Crippen MR) is 56.2 cm³/mol. The summed E-state index contributed by atoms with van der Waals surface area (Å²) >= 11 is 0. The number of rotatable bonds is 3. The summed E-state index contributed by atoms with van der Waals surface area (Å²) in [6.07, 6.45) is 0.273. The Hall–Kier alpha value is -2.35. The van der Waals surface area contributed by atoms with Crippen molar-refractivity contribution in [2.24, 2.45) is 5.73 Å². The zero-order valence-corrected chi connectivity index (χ0v) is 8.68.